The van der Waals surface area contributed by atoms with Crippen molar-refractivity contribution in [3.05, 3.63) is 27.8 Å². The van der Waals surface area contributed by atoms with Crippen LogP contribution in [-0.2, 0) is 0 Å². The normalized spacial score (nSPS) is 14.2. The van der Waals surface area contributed by atoms with Crippen molar-refractivity contribution in [1.29, 1.82) is 0 Å². The molecule has 0 aliphatic carbocycles. The molecule has 0 fully saturated rings. The number of ether oxygens (including phenoxy) is 1. The minimum absolute atomic E-state index is 0.294. The van der Waals surface area contributed by atoms with Gasteiger partial charge in [0.2, 0.25) is 0 Å². The summed E-state index contributed by atoms with van der Waals surface area (Å²) >= 11 is 6.48. The van der Waals surface area contributed by atoms with Crippen LogP contribution in [0.1, 0.15) is 49.8 Å². The first-order valence-electron chi connectivity index (χ1n) is 8.21. The first kappa shape index (κ1) is 19.3. The van der Waals surface area contributed by atoms with E-state index in [1.807, 2.05) is 6.92 Å². The Morgan fingerprint density at radius 1 is 1.18 bits per heavy atom. The molecule has 2 unspecified atom stereocenters. The van der Waals surface area contributed by atoms with Gasteiger partial charge in [-0.3, -0.25) is 0 Å². The summed E-state index contributed by atoms with van der Waals surface area (Å²) in [6.45, 7) is 12.6. The van der Waals surface area contributed by atoms with E-state index in [1.54, 1.807) is 0 Å². The molecule has 126 valence electrons. The molecule has 0 saturated carbocycles. The number of aryl methyl sites for hydroxylation is 1. The van der Waals surface area contributed by atoms with Gasteiger partial charge in [-0.1, -0.05) is 32.4 Å². The van der Waals surface area contributed by atoms with E-state index in [1.165, 1.54) is 5.56 Å². The highest BCUT2D eigenvalue weighted by Crippen LogP contribution is 2.41. The van der Waals surface area contributed by atoms with Crippen LogP contribution in [0.3, 0.4) is 0 Å². The summed E-state index contributed by atoms with van der Waals surface area (Å²) in [7, 11) is 0. The highest BCUT2D eigenvalue weighted by Gasteiger charge is 2.27. The molecule has 0 spiro atoms. The molecule has 0 amide bonds. The Labute approximate surface area is 140 Å². The fraction of sp³-hybridized carbons (Fsp3) is 0.667. The third-order valence-corrected chi connectivity index (χ3v) is 5.33. The van der Waals surface area contributed by atoms with Gasteiger partial charge < -0.3 is 16.2 Å². The fourth-order valence-corrected chi connectivity index (χ4v) is 3.19. The minimum Gasteiger partial charge on any atom is -0.493 e. The summed E-state index contributed by atoms with van der Waals surface area (Å²) in [5.41, 5.74) is 15.1. The van der Waals surface area contributed by atoms with Crippen LogP contribution in [0.15, 0.2) is 6.07 Å². The summed E-state index contributed by atoms with van der Waals surface area (Å²) in [6, 6.07) is 2.06. The molecule has 4 N–H and O–H groups in total. The first-order chi connectivity index (χ1) is 10.4. The second-order valence-corrected chi connectivity index (χ2v) is 6.65. The molecule has 4 heteroatoms. The van der Waals surface area contributed by atoms with E-state index in [0.717, 1.165) is 28.3 Å². The minimum atomic E-state index is 0.294. The Bertz CT molecular complexity index is 486. The largest absolute Gasteiger partial charge is 0.493 e. The zero-order valence-electron chi connectivity index (χ0n) is 14.6. The Hall–Kier alpha value is -0.770. The maximum Gasteiger partial charge on any atom is 0.123 e. The van der Waals surface area contributed by atoms with Crippen LogP contribution >= 0.6 is 11.6 Å². The van der Waals surface area contributed by atoms with Gasteiger partial charge in [0.1, 0.15) is 5.75 Å². The Kier molecular flexibility index (Phi) is 7.67. The average molecular weight is 327 g/mol. The van der Waals surface area contributed by atoms with Gasteiger partial charge in [-0.2, -0.15) is 0 Å². The van der Waals surface area contributed by atoms with Gasteiger partial charge in [-0.15, -0.1) is 0 Å². The highest BCUT2D eigenvalue weighted by atomic mass is 35.5. The van der Waals surface area contributed by atoms with Gasteiger partial charge in [0.25, 0.3) is 0 Å². The van der Waals surface area contributed by atoms with E-state index in [4.69, 9.17) is 27.8 Å². The lowest BCUT2D eigenvalue weighted by Crippen LogP contribution is -2.32. The van der Waals surface area contributed by atoms with Crippen LogP contribution in [0.25, 0.3) is 0 Å². The molecule has 0 heterocycles. The fourth-order valence-electron chi connectivity index (χ4n) is 3.03. The average Bonchev–Trinajstić information content (AvgIpc) is 2.51. The van der Waals surface area contributed by atoms with Crippen LogP contribution in [0.2, 0.25) is 5.02 Å². The van der Waals surface area contributed by atoms with Crippen molar-refractivity contribution in [3.8, 4) is 5.75 Å². The predicted octanol–water partition coefficient (Wildman–Crippen LogP) is 4.02. The molecule has 2 atom stereocenters. The molecular weight excluding hydrogens is 296 g/mol. The number of hydrogen-bond acceptors (Lipinski definition) is 3. The van der Waals surface area contributed by atoms with Gasteiger partial charge in [-0.05, 0) is 68.3 Å². The van der Waals surface area contributed by atoms with Crippen LogP contribution in [0, 0.1) is 25.7 Å². The molecule has 0 radical (unpaired) electrons. The molecular formula is C18H31ClN2O. The zero-order chi connectivity index (χ0) is 16.9. The number of halogens is 1. The molecule has 0 aliphatic heterocycles. The predicted molar refractivity (Wildman–Crippen MR) is 95.9 cm³/mol. The molecule has 1 aromatic rings. The maximum absolute atomic E-state index is 6.48. The Morgan fingerprint density at radius 2 is 1.77 bits per heavy atom. The monoisotopic (exact) mass is 326 g/mol. The SMILES string of the molecule is CCCOc1cc(C)c(Cl)c(C)c1C(C)C(C)C(CN)CN. The van der Waals surface area contributed by atoms with Crippen molar-refractivity contribution < 1.29 is 4.74 Å². The molecule has 22 heavy (non-hydrogen) atoms. The molecule has 0 bridgehead atoms. The number of hydrogen-bond donors (Lipinski definition) is 2. The summed E-state index contributed by atoms with van der Waals surface area (Å²) < 4.78 is 6.00. The highest BCUT2D eigenvalue weighted by molar-refractivity contribution is 6.32. The van der Waals surface area contributed by atoms with Crippen molar-refractivity contribution in [2.45, 2.75) is 47.0 Å². The number of rotatable bonds is 8. The molecule has 0 aromatic heterocycles. The molecule has 1 rings (SSSR count). The smallest absolute Gasteiger partial charge is 0.123 e. The van der Waals surface area contributed by atoms with E-state index in [0.29, 0.717) is 37.5 Å². The second kappa shape index (κ2) is 8.76. The number of nitrogens with two attached hydrogens (primary N) is 2. The van der Waals surface area contributed by atoms with Crippen molar-refractivity contribution >= 4 is 11.6 Å². The van der Waals surface area contributed by atoms with Crippen LogP contribution in [0.4, 0.5) is 0 Å². The molecule has 0 aliphatic rings. The maximum atomic E-state index is 6.48. The van der Waals surface area contributed by atoms with Crippen molar-refractivity contribution in [1.82, 2.24) is 0 Å². The second-order valence-electron chi connectivity index (χ2n) is 6.27. The van der Waals surface area contributed by atoms with Gasteiger partial charge in [0, 0.05) is 10.6 Å². The van der Waals surface area contributed by atoms with Crippen molar-refractivity contribution in [3.63, 3.8) is 0 Å². The third kappa shape index (κ3) is 4.15. The lowest BCUT2D eigenvalue weighted by Gasteiger charge is -2.30. The van der Waals surface area contributed by atoms with Gasteiger partial charge in [-0.25, -0.2) is 0 Å². The zero-order valence-corrected chi connectivity index (χ0v) is 15.3. The summed E-state index contributed by atoms with van der Waals surface area (Å²) in [5, 5.41) is 0.829. The van der Waals surface area contributed by atoms with Crippen LogP contribution in [-0.4, -0.2) is 19.7 Å². The number of benzene rings is 1. The van der Waals surface area contributed by atoms with Crippen LogP contribution < -0.4 is 16.2 Å². The van der Waals surface area contributed by atoms with E-state index >= 15 is 0 Å². The van der Waals surface area contributed by atoms with Crippen molar-refractivity contribution in [2.24, 2.45) is 23.3 Å². The van der Waals surface area contributed by atoms with Crippen molar-refractivity contribution in [2.75, 3.05) is 19.7 Å². The summed E-state index contributed by atoms with van der Waals surface area (Å²) in [4.78, 5) is 0. The lowest BCUT2D eigenvalue weighted by atomic mass is 9.78. The molecule has 3 nitrogen and oxygen atoms in total. The summed E-state index contributed by atoms with van der Waals surface area (Å²) in [6.07, 6.45) is 0.984. The lowest BCUT2D eigenvalue weighted by molar-refractivity contribution is 0.293. The van der Waals surface area contributed by atoms with Gasteiger partial charge in [0.15, 0.2) is 0 Å². The quantitative estimate of drug-likeness (QED) is 0.758. The summed E-state index contributed by atoms with van der Waals surface area (Å²) in [5.74, 6) is 1.92. The molecule has 1 aromatic carbocycles. The topological polar surface area (TPSA) is 61.3 Å². The Morgan fingerprint density at radius 3 is 2.27 bits per heavy atom. The van der Waals surface area contributed by atoms with Gasteiger partial charge >= 0.3 is 0 Å². The first-order valence-corrected chi connectivity index (χ1v) is 8.59. The van der Waals surface area contributed by atoms with Crippen LogP contribution in [0.5, 0.6) is 5.75 Å². The Balaban J connectivity index is 3.27. The van der Waals surface area contributed by atoms with Gasteiger partial charge in [0.05, 0.1) is 6.61 Å². The van der Waals surface area contributed by atoms with E-state index < -0.39 is 0 Å². The van der Waals surface area contributed by atoms with E-state index in [2.05, 4.69) is 33.8 Å². The van der Waals surface area contributed by atoms with E-state index in [9.17, 15) is 0 Å². The standard InChI is InChI=1S/C18H31ClN2O/c1-6-7-22-16-8-11(2)18(19)14(5)17(16)13(4)12(3)15(9-20)10-21/h8,12-13,15H,6-7,9-10,20-21H2,1-5H3. The molecule has 0 saturated heterocycles. The third-order valence-electron chi connectivity index (χ3n) is 4.75. The van der Waals surface area contributed by atoms with E-state index in [-0.39, 0.29) is 0 Å².